The maximum Gasteiger partial charge on any atom is 0.267 e. The molecule has 1 amide bonds. The Labute approximate surface area is 87.8 Å². The van der Waals surface area contributed by atoms with Crippen molar-refractivity contribution in [3.05, 3.63) is 41.5 Å². The molecule has 0 saturated heterocycles. The van der Waals surface area contributed by atoms with Gasteiger partial charge in [-0.2, -0.15) is 12.6 Å². The number of hydrogen-bond donors (Lipinski definition) is 3. The minimum atomic E-state index is -0.539. The second kappa shape index (κ2) is 5.47. The zero-order valence-corrected chi connectivity index (χ0v) is 8.37. The van der Waals surface area contributed by atoms with Crippen molar-refractivity contribution < 1.29 is 10.0 Å². The van der Waals surface area contributed by atoms with Crippen LogP contribution in [0.15, 0.2) is 30.3 Å². The largest absolute Gasteiger partial charge is 0.288 e. The molecular weight excluding hydrogens is 198 g/mol. The Balaban J connectivity index is 2.68. The lowest BCUT2D eigenvalue weighted by Crippen LogP contribution is -2.14. The van der Waals surface area contributed by atoms with Crippen LogP contribution in [0.25, 0.3) is 6.08 Å². The normalized spacial score (nSPS) is 10.4. The topological polar surface area (TPSA) is 49.3 Å². The molecule has 0 unspecified atom stereocenters. The summed E-state index contributed by atoms with van der Waals surface area (Å²) in [6, 6.07) is 7.63. The summed E-state index contributed by atoms with van der Waals surface area (Å²) < 4.78 is 0. The van der Waals surface area contributed by atoms with Crippen LogP contribution < -0.4 is 5.48 Å². The van der Waals surface area contributed by atoms with Crippen LogP contribution in [0.5, 0.6) is 0 Å². The Morgan fingerprint density at radius 2 is 2.07 bits per heavy atom. The van der Waals surface area contributed by atoms with E-state index < -0.39 is 5.91 Å². The lowest BCUT2D eigenvalue weighted by Gasteiger charge is -1.96. The van der Waals surface area contributed by atoms with Gasteiger partial charge in [-0.1, -0.05) is 24.3 Å². The van der Waals surface area contributed by atoms with E-state index in [-0.39, 0.29) is 0 Å². The van der Waals surface area contributed by atoms with Crippen LogP contribution in [0.3, 0.4) is 0 Å². The number of hydroxylamine groups is 1. The summed E-state index contributed by atoms with van der Waals surface area (Å²) in [5, 5.41) is 8.23. The van der Waals surface area contributed by atoms with E-state index >= 15 is 0 Å². The van der Waals surface area contributed by atoms with E-state index in [0.29, 0.717) is 5.75 Å². The highest BCUT2D eigenvalue weighted by Gasteiger charge is 1.91. The summed E-state index contributed by atoms with van der Waals surface area (Å²) in [5.41, 5.74) is 3.54. The van der Waals surface area contributed by atoms with E-state index in [2.05, 4.69) is 12.6 Å². The highest BCUT2D eigenvalue weighted by Crippen LogP contribution is 2.07. The summed E-state index contributed by atoms with van der Waals surface area (Å²) in [6.07, 6.45) is 2.88. The molecule has 0 aliphatic rings. The molecule has 0 bridgehead atoms. The van der Waals surface area contributed by atoms with Crippen molar-refractivity contribution in [3.8, 4) is 0 Å². The van der Waals surface area contributed by atoms with Gasteiger partial charge in [0.2, 0.25) is 0 Å². The quantitative estimate of drug-likeness (QED) is 0.307. The van der Waals surface area contributed by atoms with Crippen LogP contribution in [0.1, 0.15) is 11.1 Å². The molecule has 0 spiro atoms. The highest BCUT2D eigenvalue weighted by molar-refractivity contribution is 7.79. The van der Waals surface area contributed by atoms with Gasteiger partial charge in [0, 0.05) is 11.8 Å². The van der Waals surface area contributed by atoms with Gasteiger partial charge in [-0.25, -0.2) is 5.48 Å². The average Bonchev–Trinajstić information content (AvgIpc) is 2.26. The number of carbonyl (C=O) groups excluding carboxylic acids is 1. The Bertz CT molecular complexity index is 332. The van der Waals surface area contributed by atoms with Crippen LogP contribution in [0, 0.1) is 0 Å². The zero-order chi connectivity index (χ0) is 10.4. The summed E-state index contributed by atoms with van der Waals surface area (Å²) in [4.78, 5) is 10.6. The Morgan fingerprint density at radius 3 is 2.57 bits per heavy atom. The molecule has 0 aromatic heterocycles. The van der Waals surface area contributed by atoms with E-state index in [1.807, 2.05) is 24.3 Å². The fourth-order valence-corrected chi connectivity index (χ4v) is 1.15. The van der Waals surface area contributed by atoms with Crippen LogP contribution >= 0.6 is 12.6 Å². The standard InChI is InChI=1S/C10H11NO2S/c12-10(11-13)6-5-8-1-3-9(7-14)4-2-8/h1-6,13-14H,7H2,(H,11,12)/b6-5+. The van der Waals surface area contributed by atoms with Gasteiger partial charge in [0.25, 0.3) is 5.91 Å². The third kappa shape index (κ3) is 3.24. The predicted molar refractivity (Wildman–Crippen MR) is 58.1 cm³/mol. The van der Waals surface area contributed by atoms with E-state index in [9.17, 15) is 4.79 Å². The molecule has 14 heavy (non-hydrogen) atoms. The minimum absolute atomic E-state index is 0.539. The van der Waals surface area contributed by atoms with Crippen molar-refractivity contribution in [2.24, 2.45) is 0 Å². The Kier molecular flexibility index (Phi) is 4.22. The maximum absolute atomic E-state index is 10.6. The first-order chi connectivity index (χ1) is 6.76. The monoisotopic (exact) mass is 209 g/mol. The Morgan fingerprint density at radius 1 is 1.43 bits per heavy atom. The maximum atomic E-state index is 10.6. The lowest BCUT2D eigenvalue weighted by molar-refractivity contribution is -0.124. The van der Waals surface area contributed by atoms with Crippen LogP contribution in [-0.2, 0) is 10.5 Å². The number of rotatable bonds is 3. The number of hydrogen-bond acceptors (Lipinski definition) is 3. The molecule has 1 aromatic rings. The van der Waals surface area contributed by atoms with E-state index in [1.165, 1.54) is 11.6 Å². The van der Waals surface area contributed by atoms with Gasteiger partial charge in [-0.05, 0) is 17.2 Å². The molecular formula is C10H11NO2S. The third-order valence-electron chi connectivity index (χ3n) is 1.70. The number of benzene rings is 1. The van der Waals surface area contributed by atoms with Gasteiger partial charge in [-0.15, -0.1) is 0 Å². The van der Waals surface area contributed by atoms with Gasteiger partial charge in [0.1, 0.15) is 0 Å². The molecule has 1 aromatic carbocycles. The smallest absolute Gasteiger partial charge is 0.267 e. The third-order valence-corrected chi connectivity index (χ3v) is 2.06. The first kappa shape index (κ1) is 10.8. The Hall–Kier alpha value is -1.26. The van der Waals surface area contributed by atoms with E-state index in [4.69, 9.17) is 5.21 Å². The van der Waals surface area contributed by atoms with E-state index in [0.717, 1.165) is 11.1 Å². The van der Waals surface area contributed by atoms with Gasteiger partial charge in [0.15, 0.2) is 0 Å². The lowest BCUT2D eigenvalue weighted by atomic mass is 10.1. The molecule has 2 N–H and O–H groups in total. The summed E-state index contributed by atoms with van der Waals surface area (Å²) in [6.45, 7) is 0. The van der Waals surface area contributed by atoms with Crippen LogP contribution in [0.2, 0.25) is 0 Å². The molecule has 0 atom stereocenters. The number of carbonyl (C=O) groups is 1. The second-order valence-electron chi connectivity index (χ2n) is 2.71. The van der Waals surface area contributed by atoms with Crippen LogP contribution in [0.4, 0.5) is 0 Å². The fraction of sp³-hybridized carbons (Fsp3) is 0.100. The van der Waals surface area contributed by atoms with Crippen molar-refractivity contribution in [1.29, 1.82) is 0 Å². The predicted octanol–water partition coefficient (Wildman–Crippen LogP) is 1.63. The summed E-state index contributed by atoms with van der Waals surface area (Å²) in [5.74, 6) is 0.157. The van der Waals surface area contributed by atoms with Gasteiger partial charge < -0.3 is 0 Å². The zero-order valence-electron chi connectivity index (χ0n) is 7.47. The molecule has 4 heteroatoms. The first-order valence-corrected chi connectivity index (χ1v) is 4.71. The molecule has 0 aliphatic carbocycles. The number of amides is 1. The molecule has 74 valence electrons. The van der Waals surface area contributed by atoms with Gasteiger partial charge in [0.05, 0.1) is 0 Å². The van der Waals surface area contributed by atoms with Gasteiger partial charge in [-0.3, -0.25) is 10.0 Å². The van der Waals surface area contributed by atoms with Crippen molar-refractivity contribution in [2.45, 2.75) is 5.75 Å². The van der Waals surface area contributed by atoms with Gasteiger partial charge >= 0.3 is 0 Å². The molecule has 0 heterocycles. The number of thiol groups is 1. The van der Waals surface area contributed by atoms with Crippen LogP contribution in [-0.4, -0.2) is 11.1 Å². The number of nitrogens with one attached hydrogen (secondary N) is 1. The summed E-state index contributed by atoms with van der Waals surface area (Å²) in [7, 11) is 0. The van der Waals surface area contributed by atoms with Crippen molar-refractivity contribution >= 4 is 24.6 Å². The fourth-order valence-electron chi connectivity index (χ4n) is 0.943. The molecule has 0 saturated carbocycles. The van der Waals surface area contributed by atoms with Crippen molar-refractivity contribution in [3.63, 3.8) is 0 Å². The molecule has 3 nitrogen and oxygen atoms in total. The van der Waals surface area contributed by atoms with Crippen molar-refractivity contribution in [2.75, 3.05) is 0 Å². The molecule has 0 radical (unpaired) electrons. The molecule has 0 aliphatic heterocycles. The summed E-state index contributed by atoms with van der Waals surface area (Å²) >= 11 is 4.13. The molecule has 1 rings (SSSR count). The SMILES string of the molecule is O=C(/C=C/c1ccc(CS)cc1)NO. The minimum Gasteiger partial charge on any atom is -0.288 e. The first-order valence-electron chi connectivity index (χ1n) is 4.08. The average molecular weight is 209 g/mol. The van der Waals surface area contributed by atoms with Crippen molar-refractivity contribution in [1.82, 2.24) is 5.48 Å². The molecule has 0 fully saturated rings. The highest BCUT2D eigenvalue weighted by atomic mass is 32.1. The second-order valence-corrected chi connectivity index (χ2v) is 3.03. The van der Waals surface area contributed by atoms with E-state index in [1.54, 1.807) is 6.08 Å².